The average Bonchev–Trinajstić information content (AvgIpc) is 3.19. The normalized spacial score (nSPS) is 25.6. The van der Waals surface area contributed by atoms with Crippen LogP contribution in [-0.4, -0.2) is 75.2 Å². The molecule has 4 atom stereocenters. The lowest BCUT2D eigenvalue weighted by molar-refractivity contribution is -0.138. The number of benzene rings is 1. The van der Waals surface area contributed by atoms with Gasteiger partial charge in [0.25, 0.3) is 0 Å². The van der Waals surface area contributed by atoms with E-state index < -0.39 is 47.9 Å². The van der Waals surface area contributed by atoms with Gasteiger partial charge < -0.3 is 19.7 Å². The van der Waals surface area contributed by atoms with Gasteiger partial charge in [0.05, 0.1) is 30.7 Å². The summed E-state index contributed by atoms with van der Waals surface area (Å²) in [4.78, 5) is 39.0. The third-order valence-electron chi connectivity index (χ3n) is 5.53. The highest BCUT2D eigenvalue weighted by Crippen LogP contribution is 2.32. The Balaban J connectivity index is 1.75. The quantitative estimate of drug-likeness (QED) is 0.764. The smallest absolute Gasteiger partial charge is 0.416 e. The van der Waals surface area contributed by atoms with Crippen LogP contribution in [0.25, 0.3) is 0 Å². The lowest BCUT2D eigenvalue weighted by atomic mass is 9.94. The summed E-state index contributed by atoms with van der Waals surface area (Å²) in [5.41, 5.74) is -0.173. The number of cyclic esters (lactones) is 1. The number of hydrogen-bond acceptors (Lipinski definition) is 6. The first kappa shape index (κ1) is 21.1. The van der Waals surface area contributed by atoms with Crippen LogP contribution < -0.4 is 0 Å². The van der Waals surface area contributed by atoms with E-state index in [0.717, 1.165) is 15.4 Å². The van der Waals surface area contributed by atoms with Gasteiger partial charge in [-0.25, -0.2) is 14.5 Å². The molecule has 2 fully saturated rings. The van der Waals surface area contributed by atoms with Crippen molar-refractivity contribution in [3.63, 3.8) is 0 Å². The average molecular weight is 406 g/mol. The van der Waals surface area contributed by atoms with Crippen LogP contribution in [0.15, 0.2) is 30.3 Å². The fourth-order valence-corrected chi connectivity index (χ4v) is 3.92. The molecule has 0 aliphatic carbocycles. The number of carbonyl (C=O) groups is 3. The van der Waals surface area contributed by atoms with Crippen molar-refractivity contribution >= 4 is 18.1 Å². The molecule has 2 saturated heterocycles. The van der Waals surface area contributed by atoms with Crippen molar-refractivity contribution in [3.05, 3.63) is 35.9 Å². The summed E-state index contributed by atoms with van der Waals surface area (Å²) in [6.45, 7) is 4.66. The van der Waals surface area contributed by atoms with Crippen molar-refractivity contribution in [2.24, 2.45) is 5.92 Å². The van der Waals surface area contributed by atoms with Crippen molar-refractivity contribution in [3.8, 4) is 0 Å². The minimum absolute atomic E-state index is 0.0457. The maximum atomic E-state index is 13.1. The highest BCUT2D eigenvalue weighted by molar-refractivity contribution is 5.95. The summed E-state index contributed by atoms with van der Waals surface area (Å²) in [6.07, 6.45) is -2.92. The summed E-state index contributed by atoms with van der Waals surface area (Å²) < 4.78 is 10.6. The third kappa shape index (κ3) is 4.06. The number of rotatable bonds is 5. The molecule has 2 aliphatic heterocycles. The van der Waals surface area contributed by atoms with E-state index >= 15 is 0 Å². The first-order valence-corrected chi connectivity index (χ1v) is 9.51. The molecule has 1 aromatic carbocycles. The molecule has 2 heterocycles. The van der Waals surface area contributed by atoms with Crippen LogP contribution in [0.1, 0.15) is 26.3 Å². The Morgan fingerprint density at radius 3 is 2.52 bits per heavy atom. The van der Waals surface area contributed by atoms with E-state index in [1.165, 1.54) is 6.92 Å². The zero-order valence-corrected chi connectivity index (χ0v) is 16.6. The molecule has 0 radical (unpaired) electrons. The lowest BCUT2D eigenvalue weighted by Crippen LogP contribution is -2.55. The molecule has 3 amide bonds. The molecule has 2 unspecified atom stereocenters. The third-order valence-corrected chi connectivity index (χ3v) is 5.53. The predicted octanol–water partition coefficient (Wildman–Crippen LogP) is 1.69. The SMILES string of the molecule is CC(C(=O)N1C(=O)OC[C@H]1Cc1ccccc1)C(O)[C@H]1COC(C)(C)N1C(=O)O. The molecule has 29 heavy (non-hydrogen) atoms. The zero-order chi connectivity index (χ0) is 21.3. The van der Waals surface area contributed by atoms with Crippen LogP contribution in [0, 0.1) is 5.92 Å². The molecule has 0 aromatic heterocycles. The fourth-order valence-electron chi connectivity index (χ4n) is 3.92. The first-order valence-electron chi connectivity index (χ1n) is 9.51. The number of imide groups is 1. The summed E-state index contributed by atoms with van der Waals surface area (Å²) in [6, 6.07) is 7.99. The zero-order valence-electron chi connectivity index (χ0n) is 16.6. The van der Waals surface area contributed by atoms with Gasteiger partial charge in [-0.15, -0.1) is 0 Å². The standard InChI is InChI=1S/C20H26N2O7/c1-12(16(23)15-11-29-20(2,3)22(15)18(25)26)17(24)21-14(10-28-19(21)27)9-13-7-5-4-6-8-13/h4-8,12,14-16,23H,9-11H2,1-3H3,(H,25,26)/t12?,14-,15-,16?/m1/s1. The Morgan fingerprint density at radius 1 is 1.24 bits per heavy atom. The monoisotopic (exact) mass is 406 g/mol. The second-order valence-electron chi connectivity index (χ2n) is 7.89. The number of amides is 3. The summed E-state index contributed by atoms with van der Waals surface area (Å²) in [5.74, 6) is -1.63. The highest BCUT2D eigenvalue weighted by atomic mass is 16.6. The van der Waals surface area contributed by atoms with E-state index in [2.05, 4.69) is 0 Å². The Hall–Kier alpha value is -2.65. The van der Waals surface area contributed by atoms with Gasteiger partial charge in [0.15, 0.2) is 0 Å². The number of carboxylic acid groups (broad SMARTS) is 1. The number of ether oxygens (including phenoxy) is 2. The van der Waals surface area contributed by atoms with Gasteiger partial charge in [0, 0.05) is 0 Å². The lowest BCUT2D eigenvalue weighted by Gasteiger charge is -2.35. The van der Waals surface area contributed by atoms with Gasteiger partial charge in [0.2, 0.25) is 5.91 Å². The van der Waals surface area contributed by atoms with E-state index in [4.69, 9.17) is 9.47 Å². The maximum absolute atomic E-state index is 13.1. The summed E-state index contributed by atoms with van der Waals surface area (Å²) >= 11 is 0. The molecule has 3 rings (SSSR count). The molecule has 0 bridgehead atoms. The van der Waals surface area contributed by atoms with Crippen molar-refractivity contribution in [2.75, 3.05) is 13.2 Å². The summed E-state index contributed by atoms with van der Waals surface area (Å²) in [5, 5.41) is 20.3. The summed E-state index contributed by atoms with van der Waals surface area (Å²) in [7, 11) is 0. The Morgan fingerprint density at radius 2 is 1.90 bits per heavy atom. The molecule has 158 valence electrons. The molecular weight excluding hydrogens is 380 g/mol. The second kappa shape index (κ2) is 8.00. The number of aliphatic hydroxyl groups is 1. The molecule has 0 spiro atoms. The van der Waals surface area contributed by atoms with Crippen molar-refractivity contribution in [1.29, 1.82) is 0 Å². The van der Waals surface area contributed by atoms with Crippen molar-refractivity contribution < 1.29 is 34.1 Å². The number of aliphatic hydroxyl groups excluding tert-OH is 1. The van der Waals surface area contributed by atoms with Gasteiger partial charge in [0.1, 0.15) is 12.3 Å². The fraction of sp³-hybridized carbons (Fsp3) is 0.550. The highest BCUT2D eigenvalue weighted by Gasteiger charge is 2.50. The molecular formula is C20H26N2O7. The van der Waals surface area contributed by atoms with Crippen molar-refractivity contribution in [2.45, 2.75) is 51.1 Å². The first-order chi connectivity index (χ1) is 13.6. The number of hydrogen-bond donors (Lipinski definition) is 2. The van der Waals surface area contributed by atoms with Gasteiger partial charge in [-0.2, -0.15) is 0 Å². The Labute approximate surface area is 168 Å². The Bertz CT molecular complexity index is 782. The molecule has 9 heteroatoms. The van der Waals surface area contributed by atoms with Crippen LogP contribution in [0.2, 0.25) is 0 Å². The second-order valence-corrected chi connectivity index (χ2v) is 7.89. The van der Waals surface area contributed by atoms with Crippen LogP contribution in [0.5, 0.6) is 0 Å². The minimum Gasteiger partial charge on any atom is -0.465 e. The van der Waals surface area contributed by atoms with Crippen LogP contribution in [-0.2, 0) is 20.7 Å². The number of nitrogens with zero attached hydrogens (tertiary/aromatic N) is 2. The Kier molecular flexibility index (Phi) is 5.81. The maximum Gasteiger partial charge on any atom is 0.416 e. The van der Waals surface area contributed by atoms with Gasteiger partial charge in [-0.3, -0.25) is 9.69 Å². The van der Waals surface area contributed by atoms with Crippen LogP contribution >= 0.6 is 0 Å². The molecule has 2 aliphatic rings. The molecule has 2 N–H and O–H groups in total. The van der Waals surface area contributed by atoms with E-state index in [-0.39, 0.29) is 13.2 Å². The van der Waals surface area contributed by atoms with Crippen molar-refractivity contribution in [1.82, 2.24) is 9.80 Å². The minimum atomic E-state index is -1.34. The topological polar surface area (TPSA) is 117 Å². The number of carbonyl (C=O) groups excluding carboxylic acids is 2. The van der Waals surface area contributed by atoms with E-state index in [1.807, 2.05) is 30.3 Å². The largest absolute Gasteiger partial charge is 0.465 e. The van der Waals surface area contributed by atoms with E-state index in [0.29, 0.717) is 6.42 Å². The predicted molar refractivity (Wildman–Crippen MR) is 101 cm³/mol. The van der Waals surface area contributed by atoms with Gasteiger partial charge in [-0.1, -0.05) is 37.3 Å². The molecule has 0 saturated carbocycles. The van der Waals surface area contributed by atoms with E-state index in [1.54, 1.807) is 13.8 Å². The van der Waals surface area contributed by atoms with Gasteiger partial charge >= 0.3 is 12.2 Å². The van der Waals surface area contributed by atoms with Crippen LogP contribution in [0.4, 0.5) is 9.59 Å². The molecule has 1 aromatic rings. The van der Waals surface area contributed by atoms with Gasteiger partial charge in [-0.05, 0) is 25.8 Å². The molecule has 9 nitrogen and oxygen atoms in total. The van der Waals surface area contributed by atoms with E-state index in [9.17, 15) is 24.6 Å². The van der Waals surface area contributed by atoms with Crippen LogP contribution in [0.3, 0.4) is 0 Å².